The van der Waals surface area contributed by atoms with Gasteiger partial charge in [-0.05, 0) is 116 Å². The molecule has 42 heavy (non-hydrogen) atoms. The van der Waals surface area contributed by atoms with E-state index in [0.717, 1.165) is 44.1 Å². The zero-order valence-electron chi connectivity index (χ0n) is 27.6. The van der Waals surface area contributed by atoms with Crippen molar-refractivity contribution in [2.75, 3.05) is 13.2 Å². The number of carbonyl (C=O) groups is 3. The number of fused-ring (bicyclic) bond motifs is 7. The Morgan fingerprint density at radius 1 is 0.714 bits per heavy atom. The van der Waals surface area contributed by atoms with E-state index >= 15 is 0 Å². The van der Waals surface area contributed by atoms with Gasteiger partial charge in [-0.1, -0.05) is 41.2 Å². The van der Waals surface area contributed by atoms with Crippen LogP contribution in [-0.2, 0) is 28.6 Å². The molecule has 6 heteroatoms. The van der Waals surface area contributed by atoms with Crippen LogP contribution in [-0.4, -0.2) is 37.2 Å². The zero-order chi connectivity index (χ0) is 30.9. The second-order valence-corrected chi connectivity index (χ2v) is 16.4. The summed E-state index contributed by atoms with van der Waals surface area (Å²) in [6.45, 7) is 22.3. The molecule has 0 amide bonds. The van der Waals surface area contributed by atoms with Crippen LogP contribution < -0.4 is 0 Å². The summed E-state index contributed by atoms with van der Waals surface area (Å²) in [5.41, 5.74) is 1.51. The van der Waals surface area contributed by atoms with E-state index in [1.54, 1.807) is 6.92 Å². The first-order valence-corrected chi connectivity index (χ1v) is 16.6. The van der Waals surface area contributed by atoms with Gasteiger partial charge in [0.1, 0.15) is 12.7 Å². The summed E-state index contributed by atoms with van der Waals surface area (Å²) in [5, 5.41) is 0. The first-order valence-electron chi connectivity index (χ1n) is 16.6. The summed E-state index contributed by atoms with van der Waals surface area (Å²) in [5.74, 6) is 1.67. The van der Waals surface area contributed by atoms with Crippen LogP contribution in [0.5, 0.6) is 0 Å². The van der Waals surface area contributed by atoms with Crippen molar-refractivity contribution >= 4 is 17.9 Å². The highest BCUT2D eigenvalue weighted by atomic mass is 16.5. The van der Waals surface area contributed by atoms with Gasteiger partial charge >= 0.3 is 17.9 Å². The lowest BCUT2D eigenvalue weighted by Crippen LogP contribution is -2.67. The molecule has 0 aromatic carbocycles. The minimum absolute atomic E-state index is 0.0107. The van der Waals surface area contributed by atoms with E-state index in [0.29, 0.717) is 30.3 Å². The Kier molecular flexibility index (Phi) is 8.00. The summed E-state index contributed by atoms with van der Waals surface area (Å²) in [6.07, 6.45) is 11.1. The molecule has 5 rings (SSSR count). The number of carbonyl (C=O) groups excluding carboxylic acids is 3. The predicted octanol–water partition coefficient (Wildman–Crippen LogP) is 7.68. The maximum absolute atomic E-state index is 12.0. The van der Waals surface area contributed by atoms with E-state index in [1.165, 1.54) is 39.5 Å². The lowest BCUT2D eigenvalue weighted by Gasteiger charge is -2.73. The molecular formula is C36H56O6. The third-order valence-corrected chi connectivity index (χ3v) is 14.4. The summed E-state index contributed by atoms with van der Waals surface area (Å²) in [7, 11) is 0. The third-order valence-electron chi connectivity index (χ3n) is 14.4. The quantitative estimate of drug-likeness (QED) is 0.181. The van der Waals surface area contributed by atoms with Crippen LogP contribution in [0.2, 0.25) is 0 Å². The topological polar surface area (TPSA) is 78.9 Å². The van der Waals surface area contributed by atoms with Gasteiger partial charge in [0.15, 0.2) is 0 Å². The molecular weight excluding hydrogens is 528 g/mol. The molecule has 0 heterocycles. The van der Waals surface area contributed by atoms with Crippen molar-refractivity contribution in [1.29, 1.82) is 0 Å². The molecule has 5 aliphatic carbocycles. The summed E-state index contributed by atoms with van der Waals surface area (Å²) < 4.78 is 17.2. The molecule has 0 spiro atoms. The van der Waals surface area contributed by atoms with Gasteiger partial charge in [-0.25, -0.2) is 0 Å². The maximum atomic E-state index is 12.0. The molecule has 0 aliphatic heterocycles. The molecule has 0 aromatic rings. The highest BCUT2D eigenvalue weighted by Gasteiger charge is 2.71. The lowest BCUT2D eigenvalue weighted by atomic mass is 9.32. The Morgan fingerprint density at radius 3 is 2.05 bits per heavy atom. The second-order valence-electron chi connectivity index (χ2n) is 16.4. The fourth-order valence-electron chi connectivity index (χ4n) is 12.4. The minimum Gasteiger partial charge on any atom is -0.465 e. The van der Waals surface area contributed by atoms with Gasteiger partial charge < -0.3 is 14.2 Å². The van der Waals surface area contributed by atoms with Crippen molar-refractivity contribution in [3.63, 3.8) is 0 Å². The van der Waals surface area contributed by atoms with E-state index in [9.17, 15) is 14.4 Å². The second kappa shape index (κ2) is 10.6. The highest BCUT2D eigenvalue weighted by Crippen LogP contribution is 2.77. The average molecular weight is 585 g/mol. The number of hydrogen-bond donors (Lipinski definition) is 0. The van der Waals surface area contributed by atoms with Crippen molar-refractivity contribution < 1.29 is 28.6 Å². The van der Waals surface area contributed by atoms with Gasteiger partial charge in [0, 0.05) is 31.6 Å². The molecule has 1 unspecified atom stereocenters. The molecule has 10 atom stereocenters. The Bertz CT molecular complexity index is 1130. The smallest absolute Gasteiger partial charge is 0.302 e. The van der Waals surface area contributed by atoms with Crippen molar-refractivity contribution in [1.82, 2.24) is 0 Å². The summed E-state index contributed by atoms with van der Waals surface area (Å²) in [6, 6.07) is 0. The van der Waals surface area contributed by atoms with Crippen LogP contribution in [0.3, 0.4) is 0 Å². The maximum Gasteiger partial charge on any atom is 0.302 e. The van der Waals surface area contributed by atoms with Gasteiger partial charge in [0.25, 0.3) is 0 Å². The van der Waals surface area contributed by atoms with Gasteiger partial charge in [-0.2, -0.15) is 0 Å². The van der Waals surface area contributed by atoms with Crippen molar-refractivity contribution in [2.24, 2.45) is 56.7 Å². The number of ether oxygens (including phenoxy) is 3. The van der Waals surface area contributed by atoms with Gasteiger partial charge in [0.05, 0.1) is 6.61 Å². The molecule has 5 aliphatic rings. The Balaban J connectivity index is 1.48. The van der Waals surface area contributed by atoms with Crippen molar-refractivity contribution in [3.05, 3.63) is 12.2 Å². The SMILES string of the molecule is C=C(COC(C)=O)[C@@H]1CC[C@]2(COC(C)=O)CC[C@]3(C)[C@H](CC[C@@H]4[C@@]5(C)CCC(OC(C)=O)C(C)(C)[C@@H]5CC[C@]43C)[C@@H]12. The fraction of sp³-hybridized carbons (Fsp3) is 0.861. The molecule has 0 radical (unpaired) electrons. The van der Waals surface area contributed by atoms with Crippen molar-refractivity contribution in [2.45, 2.75) is 126 Å². The van der Waals surface area contributed by atoms with E-state index in [4.69, 9.17) is 14.2 Å². The molecule has 0 saturated heterocycles. The monoisotopic (exact) mass is 584 g/mol. The van der Waals surface area contributed by atoms with Crippen LogP contribution in [0.15, 0.2) is 12.2 Å². The zero-order valence-corrected chi connectivity index (χ0v) is 27.6. The average Bonchev–Trinajstić information content (AvgIpc) is 3.28. The first kappa shape index (κ1) is 31.6. The van der Waals surface area contributed by atoms with Crippen molar-refractivity contribution in [3.8, 4) is 0 Å². The molecule has 236 valence electrons. The number of hydrogen-bond acceptors (Lipinski definition) is 6. The molecule has 0 N–H and O–H groups in total. The van der Waals surface area contributed by atoms with Crippen LogP contribution in [0.4, 0.5) is 0 Å². The third kappa shape index (κ3) is 4.67. The fourth-order valence-corrected chi connectivity index (χ4v) is 12.4. The van der Waals surface area contributed by atoms with E-state index in [1.807, 2.05) is 0 Å². The first-order chi connectivity index (χ1) is 19.5. The minimum atomic E-state index is -0.266. The molecule has 5 fully saturated rings. The number of rotatable bonds is 6. The Morgan fingerprint density at radius 2 is 1.40 bits per heavy atom. The summed E-state index contributed by atoms with van der Waals surface area (Å²) in [4.78, 5) is 35.7. The molecule has 5 saturated carbocycles. The van der Waals surface area contributed by atoms with E-state index < -0.39 is 0 Å². The Hall–Kier alpha value is -1.85. The van der Waals surface area contributed by atoms with Crippen LogP contribution in [0, 0.1) is 56.7 Å². The normalized spacial score (nSPS) is 45.3. The lowest BCUT2D eigenvalue weighted by molar-refractivity contribution is -0.252. The predicted molar refractivity (Wildman–Crippen MR) is 162 cm³/mol. The summed E-state index contributed by atoms with van der Waals surface area (Å²) >= 11 is 0. The highest BCUT2D eigenvalue weighted by molar-refractivity contribution is 5.66. The largest absolute Gasteiger partial charge is 0.465 e. The van der Waals surface area contributed by atoms with Crippen LogP contribution in [0.25, 0.3) is 0 Å². The molecule has 0 aromatic heterocycles. The van der Waals surface area contributed by atoms with E-state index in [-0.39, 0.29) is 63.6 Å². The Labute approximate surface area is 254 Å². The van der Waals surface area contributed by atoms with Crippen LogP contribution in [0.1, 0.15) is 120 Å². The standard InChI is InChI=1S/C36H56O6/c1-22(20-40-23(2)37)26-12-17-36(21-41-24(3)38)19-18-34(8)27(31(26)36)10-11-29-33(7)15-14-30(42-25(4)39)32(5,6)28(33)13-16-35(29,34)9/h26-31H,1,10-21H2,2-9H3/t26-,27+,28-,29+,30?,31+,33-,34+,35+,36+/m0/s1. The molecule has 0 bridgehead atoms. The van der Waals surface area contributed by atoms with Gasteiger partial charge in [-0.3, -0.25) is 14.4 Å². The van der Waals surface area contributed by atoms with Crippen LogP contribution >= 0.6 is 0 Å². The number of esters is 3. The van der Waals surface area contributed by atoms with Gasteiger partial charge in [0.2, 0.25) is 0 Å². The van der Waals surface area contributed by atoms with E-state index in [2.05, 4.69) is 41.2 Å². The molecule has 6 nitrogen and oxygen atoms in total. The van der Waals surface area contributed by atoms with Gasteiger partial charge in [-0.15, -0.1) is 0 Å².